The molecule has 5 nitrogen and oxygen atoms in total. The quantitative estimate of drug-likeness (QED) is 0.723. The zero-order chi connectivity index (χ0) is 21.3. The van der Waals surface area contributed by atoms with E-state index in [2.05, 4.69) is 20.8 Å². The molecule has 1 atom stereocenters. The maximum atomic E-state index is 13.2. The van der Waals surface area contributed by atoms with Crippen molar-refractivity contribution in [2.24, 2.45) is 0 Å². The SMILES string of the molecule is CN(C)CCN1C(=O)C(O)=C(C(=O)c2cccs2)C1c1ccc(C(C)(C)C)cc1. The van der Waals surface area contributed by atoms with Crippen LogP contribution in [0.4, 0.5) is 0 Å². The van der Waals surface area contributed by atoms with Crippen molar-refractivity contribution in [1.82, 2.24) is 9.80 Å². The van der Waals surface area contributed by atoms with Crippen LogP contribution >= 0.6 is 11.3 Å². The van der Waals surface area contributed by atoms with E-state index in [-0.39, 0.29) is 16.8 Å². The summed E-state index contributed by atoms with van der Waals surface area (Å²) in [5, 5.41) is 12.5. The van der Waals surface area contributed by atoms with E-state index in [1.54, 1.807) is 17.0 Å². The molecule has 3 rings (SSSR count). The molecule has 0 fully saturated rings. The first-order valence-electron chi connectivity index (χ1n) is 9.68. The van der Waals surface area contributed by atoms with Gasteiger partial charge in [0.25, 0.3) is 5.91 Å². The molecule has 1 unspecified atom stereocenters. The third kappa shape index (κ3) is 4.28. The lowest BCUT2D eigenvalue weighted by atomic mass is 9.85. The number of carbonyl (C=O) groups is 2. The molecule has 0 saturated carbocycles. The van der Waals surface area contributed by atoms with Gasteiger partial charge >= 0.3 is 0 Å². The molecule has 0 spiro atoms. The Morgan fingerprint density at radius 2 is 1.83 bits per heavy atom. The molecule has 0 bridgehead atoms. The van der Waals surface area contributed by atoms with E-state index in [1.807, 2.05) is 48.6 Å². The van der Waals surface area contributed by atoms with Crippen molar-refractivity contribution in [3.05, 3.63) is 69.1 Å². The normalized spacial score (nSPS) is 17.5. The summed E-state index contributed by atoms with van der Waals surface area (Å²) in [7, 11) is 3.86. The summed E-state index contributed by atoms with van der Waals surface area (Å²) in [6.45, 7) is 7.48. The summed E-state index contributed by atoms with van der Waals surface area (Å²) >= 11 is 1.31. The Bertz CT molecular complexity index is 922. The van der Waals surface area contributed by atoms with E-state index in [4.69, 9.17) is 0 Å². The van der Waals surface area contributed by atoms with Crippen LogP contribution in [0.25, 0.3) is 0 Å². The van der Waals surface area contributed by atoms with Crippen molar-refractivity contribution < 1.29 is 14.7 Å². The van der Waals surface area contributed by atoms with Gasteiger partial charge in [0.2, 0.25) is 5.78 Å². The molecule has 0 aliphatic carbocycles. The van der Waals surface area contributed by atoms with Crippen LogP contribution in [0.1, 0.15) is 47.6 Å². The first kappa shape index (κ1) is 21.3. The zero-order valence-electron chi connectivity index (χ0n) is 17.6. The van der Waals surface area contributed by atoms with Crippen LogP contribution in [0.15, 0.2) is 53.1 Å². The van der Waals surface area contributed by atoms with Crippen LogP contribution in [0.3, 0.4) is 0 Å². The fourth-order valence-corrected chi connectivity index (χ4v) is 4.15. The highest BCUT2D eigenvalue weighted by molar-refractivity contribution is 7.12. The Morgan fingerprint density at radius 1 is 1.17 bits per heavy atom. The number of ketones is 1. The maximum Gasteiger partial charge on any atom is 0.290 e. The van der Waals surface area contributed by atoms with Gasteiger partial charge in [0, 0.05) is 13.1 Å². The number of likely N-dealkylation sites (N-methyl/N-ethyl adjacent to an activating group) is 1. The highest BCUT2D eigenvalue weighted by atomic mass is 32.1. The summed E-state index contributed by atoms with van der Waals surface area (Å²) in [4.78, 5) is 30.1. The topological polar surface area (TPSA) is 60.9 Å². The molecule has 1 aromatic carbocycles. The van der Waals surface area contributed by atoms with Crippen LogP contribution in [-0.2, 0) is 10.2 Å². The Kier molecular flexibility index (Phi) is 5.96. The van der Waals surface area contributed by atoms with Crippen molar-refractivity contribution in [3.63, 3.8) is 0 Å². The van der Waals surface area contributed by atoms with Gasteiger partial charge in [-0.05, 0) is 42.1 Å². The van der Waals surface area contributed by atoms with Crippen LogP contribution in [0.2, 0.25) is 0 Å². The minimum absolute atomic E-state index is 0.00221. The molecule has 154 valence electrons. The van der Waals surface area contributed by atoms with Gasteiger partial charge < -0.3 is 14.9 Å². The molecule has 29 heavy (non-hydrogen) atoms. The molecule has 0 saturated heterocycles. The average Bonchev–Trinajstić information content (AvgIpc) is 3.27. The number of thiophene rings is 1. The van der Waals surface area contributed by atoms with Gasteiger partial charge in [0.1, 0.15) is 0 Å². The molecule has 1 amide bonds. The number of Topliss-reactive ketones (excluding diaryl/α,β-unsaturated/α-hetero) is 1. The largest absolute Gasteiger partial charge is 0.503 e. The third-order valence-corrected chi connectivity index (χ3v) is 6.04. The Hall–Kier alpha value is -2.44. The smallest absolute Gasteiger partial charge is 0.290 e. The molecular formula is C23H28N2O3S. The van der Waals surface area contributed by atoms with Crippen LogP contribution in [-0.4, -0.2) is 53.8 Å². The minimum atomic E-state index is -0.592. The van der Waals surface area contributed by atoms with E-state index < -0.39 is 17.7 Å². The Morgan fingerprint density at radius 3 is 2.34 bits per heavy atom. The minimum Gasteiger partial charge on any atom is -0.503 e. The number of carbonyl (C=O) groups excluding carboxylic acids is 2. The number of hydrogen-bond donors (Lipinski definition) is 1. The summed E-state index contributed by atoms with van der Waals surface area (Å²) in [6.07, 6.45) is 0. The Labute approximate surface area is 176 Å². The molecule has 1 aliphatic heterocycles. The maximum absolute atomic E-state index is 13.2. The van der Waals surface area contributed by atoms with Gasteiger partial charge in [0.05, 0.1) is 16.5 Å². The molecule has 1 aromatic heterocycles. The van der Waals surface area contributed by atoms with Gasteiger partial charge in [0.15, 0.2) is 5.76 Å². The van der Waals surface area contributed by atoms with E-state index >= 15 is 0 Å². The van der Waals surface area contributed by atoms with Crippen molar-refractivity contribution >= 4 is 23.0 Å². The van der Waals surface area contributed by atoms with Crippen LogP contribution < -0.4 is 0 Å². The molecule has 0 radical (unpaired) electrons. The fourth-order valence-electron chi connectivity index (χ4n) is 3.48. The second-order valence-corrected chi connectivity index (χ2v) is 9.59. The fraction of sp³-hybridized carbons (Fsp3) is 0.391. The van der Waals surface area contributed by atoms with E-state index in [0.717, 1.165) is 5.56 Å². The molecule has 2 aromatic rings. The number of amides is 1. The van der Waals surface area contributed by atoms with Gasteiger partial charge in [-0.1, -0.05) is 51.1 Å². The number of benzene rings is 1. The average molecular weight is 413 g/mol. The van der Waals surface area contributed by atoms with E-state index in [1.165, 1.54) is 16.9 Å². The summed E-state index contributed by atoms with van der Waals surface area (Å²) < 4.78 is 0. The first-order chi connectivity index (χ1) is 13.6. The lowest BCUT2D eigenvalue weighted by Crippen LogP contribution is -2.36. The third-order valence-electron chi connectivity index (χ3n) is 5.17. The second kappa shape index (κ2) is 8.13. The number of rotatable bonds is 6. The lowest BCUT2D eigenvalue weighted by molar-refractivity contribution is -0.129. The molecule has 1 aliphatic rings. The number of nitrogens with zero attached hydrogens (tertiary/aromatic N) is 2. The van der Waals surface area contributed by atoms with Crippen molar-refractivity contribution in [2.45, 2.75) is 32.2 Å². The van der Waals surface area contributed by atoms with E-state index in [9.17, 15) is 14.7 Å². The Balaban J connectivity index is 2.05. The lowest BCUT2D eigenvalue weighted by Gasteiger charge is -2.28. The molecule has 1 N–H and O–H groups in total. The van der Waals surface area contributed by atoms with Gasteiger partial charge in [-0.2, -0.15) is 0 Å². The number of hydrogen-bond acceptors (Lipinski definition) is 5. The van der Waals surface area contributed by atoms with Gasteiger partial charge in [-0.3, -0.25) is 9.59 Å². The highest BCUT2D eigenvalue weighted by Gasteiger charge is 2.43. The second-order valence-electron chi connectivity index (χ2n) is 8.65. The standard InChI is InChI=1S/C23H28N2O3S/c1-23(2,3)16-10-8-15(9-11-16)19-18(20(26)17-7-6-14-29-17)21(27)22(28)25(19)13-12-24(4)5/h6-11,14,19,27H,12-13H2,1-5H3. The molecular weight excluding hydrogens is 384 g/mol. The summed E-state index contributed by atoms with van der Waals surface area (Å²) in [6, 6.07) is 10.9. The summed E-state index contributed by atoms with van der Waals surface area (Å²) in [5.41, 5.74) is 2.17. The predicted octanol–water partition coefficient (Wildman–Crippen LogP) is 4.19. The molecule has 6 heteroatoms. The monoisotopic (exact) mass is 412 g/mol. The number of aliphatic hydroxyl groups excluding tert-OH is 1. The van der Waals surface area contributed by atoms with Crippen molar-refractivity contribution in [1.29, 1.82) is 0 Å². The predicted molar refractivity (Wildman–Crippen MR) is 116 cm³/mol. The molecule has 2 heterocycles. The van der Waals surface area contributed by atoms with Crippen LogP contribution in [0.5, 0.6) is 0 Å². The van der Waals surface area contributed by atoms with Crippen molar-refractivity contribution in [2.75, 3.05) is 27.2 Å². The van der Waals surface area contributed by atoms with Gasteiger partial charge in [-0.25, -0.2) is 0 Å². The van der Waals surface area contributed by atoms with Gasteiger partial charge in [-0.15, -0.1) is 11.3 Å². The number of aliphatic hydroxyl groups is 1. The van der Waals surface area contributed by atoms with E-state index in [0.29, 0.717) is 18.0 Å². The first-order valence-corrected chi connectivity index (χ1v) is 10.6. The van der Waals surface area contributed by atoms with Crippen molar-refractivity contribution in [3.8, 4) is 0 Å². The van der Waals surface area contributed by atoms with Crippen LogP contribution in [0, 0.1) is 0 Å². The summed E-state index contributed by atoms with van der Waals surface area (Å²) in [5.74, 6) is -1.22. The highest BCUT2D eigenvalue weighted by Crippen LogP contribution is 2.39. The zero-order valence-corrected chi connectivity index (χ0v) is 18.4.